The van der Waals surface area contributed by atoms with Gasteiger partial charge >= 0.3 is 5.97 Å². The van der Waals surface area contributed by atoms with Gasteiger partial charge in [-0.2, -0.15) is 4.98 Å². The first-order valence-electron chi connectivity index (χ1n) is 8.38. The van der Waals surface area contributed by atoms with E-state index in [1.165, 1.54) is 11.3 Å². The molecule has 28 heavy (non-hydrogen) atoms. The summed E-state index contributed by atoms with van der Waals surface area (Å²) in [7, 11) is 3.12. The number of thiophene rings is 1. The van der Waals surface area contributed by atoms with Gasteiger partial charge in [0.2, 0.25) is 5.82 Å². The summed E-state index contributed by atoms with van der Waals surface area (Å²) in [5.41, 5.74) is 0.647. The lowest BCUT2D eigenvalue weighted by molar-refractivity contribution is 0.0435. The Labute approximate surface area is 164 Å². The van der Waals surface area contributed by atoms with Gasteiger partial charge in [0.1, 0.15) is 16.4 Å². The summed E-state index contributed by atoms with van der Waals surface area (Å²) in [4.78, 5) is 17.1. The number of ether oxygens (including phenoxy) is 3. The molecule has 0 radical (unpaired) electrons. The molecule has 0 aliphatic rings. The van der Waals surface area contributed by atoms with Crippen LogP contribution in [0.25, 0.3) is 21.5 Å². The molecule has 0 N–H and O–H groups in total. The third kappa shape index (κ3) is 3.54. The highest BCUT2D eigenvalue weighted by atomic mass is 32.1. The molecular formula is C20H16N2O5S. The van der Waals surface area contributed by atoms with Crippen molar-refractivity contribution in [2.75, 3.05) is 14.2 Å². The smallest absolute Gasteiger partial charge is 0.348 e. The molecule has 2 aromatic carbocycles. The molecule has 2 aromatic heterocycles. The second-order valence-electron chi connectivity index (χ2n) is 5.80. The molecule has 8 heteroatoms. The van der Waals surface area contributed by atoms with Gasteiger partial charge in [-0.3, -0.25) is 0 Å². The molecule has 0 spiro atoms. The van der Waals surface area contributed by atoms with E-state index in [2.05, 4.69) is 10.1 Å². The minimum atomic E-state index is -0.428. The second kappa shape index (κ2) is 7.69. The number of benzene rings is 2. The molecule has 0 amide bonds. The highest BCUT2D eigenvalue weighted by Gasteiger charge is 2.17. The average molecular weight is 396 g/mol. The maximum Gasteiger partial charge on any atom is 0.348 e. The lowest BCUT2D eigenvalue weighted by atomic mass is 10.2. The van der Waals surface area contributed by atoms with Crippen molar-refractivity contribution in [3.05, 3.63) is 59.3 Å². The standard InChI is InChI=1S/C20H16N2O5S/c1-24-13-7-8-14(15(10-13)25-2)19-21-18(27-22-19)11-26-20(23)17-9-12-5-3-4-6-16(12)28-17/h3-10H,11H2,1-2H3. The van der Waals surface area contributed by atoms with Crippen LogP contribution in [0.15, 0.2) is 53.1 Å². The van der Waals surface area contributed by atoms with Gasteiger partial charge in [-0.15, -0.1) is 11.3 Å². The molecular weight excluding hydrogens is 380 g/mol. The van der Waals surface area contributed by atoms with E-state index in [9.17, 15) is 4.79 Å². The average Bonchev–Trinajstić information content (AvgIpc) is 3.38. The fraction of sp³-hybridized carbons (Fsp3) is 0.150. The van der Waals surface area contributed by atoms with E-state index >= 15 is 0 Å². The van der Waals surface area contributed by atoms with E-state index in [1.807, 2.05) is 30.3 Å². The van der Waals surface area contributed by atoms with Crippen molar-refractivity contribution in [3.63, 3.8) is 0 Å². The summed E-state index contributed by atoms with van der Waals surface area (Å²) in [6.45, 7) is -0.113. The van der Waals surface area contributed by atoms with Crippen molar-refractivity contribution in [1.29, 1.82) is 0 Å². The predicted octanol–water partition coefficient (Wildman–Crippen LogP) is 4.33. The number of esters is 1. The Balaban J connectivity index is 1.47. The Hall–Kier alpha value is -3.39. The number of carbonyl (C=O) groups is 1. The van der Waals surface area contributed by atoms with Gasteiger partial charge in [-0.1, -0.05) is 23.4 Å². The monoisotopic (exact) mass is 396 g/mol. The summed E-state index contributed by atoms with van der Waals surface area (Å²) in [6, 6.07) is 14.9. The first-order valence-corrected chi connectivity index (χ1v) is 9.20. The molecule has 0 aliphatic carbocycles. The number of rotatable bonds is 6. The zero-order chi connectivity index (χ0) is 19.5. The molecule has 4 rings (SSSR count). The van der Waals surface area contributed by atoms with Crippen molar-refractivity contribution in [2.45, 2.75) is 6.61 Å². The van der Waals surface area contributed by atoms with Gasteiger partial charge in [0.15, 0.2) is 6.61 Å². The Morgan fingerprint density at radius 2 is 1.96 bits per heavy atom. The quantitative estimate of drug-likeness (QED) is 0.449. The zero-order valence-electron chi connectivity index (χ0n) is 15.2. The van der Waals surface area contributed by atoms with Gasteiger partial charge in [-0.25, -0.2) is 4.79 Å². The van der Waals surface area contributed by atoms with E-state index in [0.717, 1.165) is 10.1 Å². The summed E-state index contributed by atoms with van der Waals surface area (Å²) in [5.74, 6) is 1.31. The molecule has 0 bridgehead atoms. The summed E-state index contributed by atoms with van der Waals surface area (Å²) >= 11 is 1.38. The predicted molar refractivity (Wildman–Crippen MR) is 104 cm³/mol. The summed E-state index contributed by atoms with van der Waals surface area (Å²) < 4.78 is 22.1. The highest BCUT2D eigenvalue weighted by Crippen LogP contribution is 2.31. The zero-order valence-corrected chi connectivity index (χ0v) is 16.0. The van der Waals surface area contributed by atoms with Crippen molar-refractivity contribution < 1.29 is 23.5 Å². The van der Waals surface area contributed by atoms with E-state index in [1.54, 1.807) is 32.4 Å². The maximum absolute atomic E-state index is 12.3. The SMILES string of the molecule is COc1ccc(-c2noc(COC(=O)c3cc4ccccc4s3)n2)c(OC)c1. The van der Waals surface area contributed by atoms with Gasteiger partial charge in [0.05, 0.1) is 19.8 Å². The van der Waals surface area contributed by atoms with Crippen molar-refractivity contribution in [1.82, 2.24) is 10.1 Å². The van der Waals surface area contributed by atoms with Crippen molar-refractivity contribution >= 4 is 27.4 Å². The molecule has 0 saturated carbocycles. The lowest BCUT2D eigenvalue weighted by Crippen LogP contribution is -2.03. The van der Waals surface area contributed by atoms with Gasteiger partial charge < -0.3 is 18.7 Å². The van der Waals surface area contributed by atoms with Crippen LogP contribution in [0.1, 0.15) is 15.6 Å². The van der Waals surface area contributed by atoms with E-state index < -0.39 is 5.97 Å². The first-order chi connectivity index (χ1) is 13.7. The summed E-state index contributed by atoms with van der Waals surface area (Å²) in [6.07, 6.45) is 0. The number of fused-ring (bicyclic) bond motifs is 1. The van der Waals surface area contributed by atoms with Crippen molar-refractivity contribution in [3.8, 4) is 22.9 Å². The van der Waals surface area contributed by atoms with Gasteiger partial charge in [0.25, 0.3) is 5.89 Å². The minimum absolute atomic E-state index is 0.113. The molecule has 4 aromatic rings. The third-order valence-corrected chi connectivity index (χ3v) is 5.17. The van der Waals surface area contributed by atoms with Crippen LogP contribution in [0.5, 0.6) is 11.5 Å². The Bertz CT molecular complexity index is 1100. The fourth-order valence-electron chi connectivity index (χ4n) is 2.69. The first kappa shape index (κ1) is 18.0. The second-order valence-corrected chi connectivity index (χ2v) is 6.89. The van der Waals surface area contributed by atoms with Gasteiger partial charge in [-0.05, 0) is 29.7 Å². The molecule has 0 saturated heterocycles. The molecule has 7 nitrogen and oxygen atoms in total. The van der Waals surface area contributed by atoms with Crippen LogP contribution in [0.2, 0.25) is 0 Å². The van der Waals surface area contributed by atoms with Crippen LogP contribution in [0.4, 0.5) is 0 Å². The van der Waals surface area contributed by atoms with Gasteiger partial charge in [0, 0.05) is 10.8 Å². The highest BCUT2D eigenvalue weighted by molar-refractivity contribution is 7.20. The molecule has 0 atom stereocenters. The largest absolute Gasteiger partial charge is 0.497 e. The van der Waals surface area contributed by atoms with Crippen LogP contribution in [-0.2, 0) is 11.3 Å². The topological polar surface area (TPSA) is 83.7 Å². The number of carbonyl (C=O) groups excluding carboxylic acids is 1. The summed E-state index contributed by atoms with van der Waals surface area (Å²) in [5, 5.41) is 4.95. The molecule has 142 valence electrons. The lowest BCUT2D eigenvalue weighted by Gasteiger charge is -2.07. The van der Waals surface area contributed by atoms with Crippen LogP contribution < -0.4 is 9.47 Å². The fourth-order valence-corrected chi connectivity index (χ4v) is 3.64. The van der Waals surface area contributed by atoms with Crippen LogP contribution >= 0.6 is 11.3 Å². The Kier molecular flexibility index (Phi) is 4.94. The molecule has 2 heterocycles. The number of hydrogen-bond donors (Lipinski definition) is 0. The number of methoxy groups -OCH3 is 2. The Morgan fingerprint density at radius 3 is 2.75 bits per heavy atom. The number of hydrogen-bond acceptors (Lipinski definition) is 8. The van der Waals surface area contributed by atoms with Crippen LogP contribution in [0, 0.1) is 0 Å². The number of nitrogens with zero attached hydrogens (tertiary/aromatic N) is 2. The van der Waals surface area contributed by atoms with Crippen LogP contribution in [-0.4, -0.2) is 30.3 Å². The normalized spacial score (nSPS) is 10.8. The van der Waals surface area contributed by atoms with E-state index in [0.29, 0.717) is 27.8 Å². The number of aromatic nitrogens is 2. The van der Waals surface area contributed by atoms with E-state index in [4.69, 9.17) is 18.7 Å². The van der Waals surface area contributed by atoms with Crippen LogP contribution in [0.3, 0.4) is 0 Å². The third-order valence-electron chi connectivity index (χ3n) is 4.07. The molecule has 0 unspecified atom stereocenters. The molecule has 0 fully saturated rings. The Morgan fingerprint density at radius 1 is 1.11 bits per heavy atom. The van der Waals surface area contributed by atoms with E-state index in [-0.39, 0.29) is 12.5 Å². The molecule has 0 aliphatic heterocycles. The van der Waals surface area contributed by atoms with Crippen molar-refractivity contribution in [2.24, 2.45) is 0 Å². The maximum atomic E-state index is 12.3. The minimum Gasteiger partial charge on any atom is -0.497 e.